The zero-order chi connectivity index (χ0) is 20.6. The van der Waals surface area contributed by atoms with Crippen molar-refractivity contribution in [3.05, 3.63) is 83.4 Å². The number of carbonyl (C=O) groups excluding carboxylic acids is 2. The van der Waals surface area contributed by atoms with Crippen LogP contribution < -0.4 is 5.43 Å². The van der Waals surface area contributed by atoms with Gasteiger partial charge in [0.2, 0.25) is 5.91 Å². The van der Waals surface area contributed by atoms with E-state index in [0.29, 0.717) is 29.3 Å². The molecule has 1 N–H and O–H groups in total. The highest BCUT2D eigenvalue weighted by molar-refractivity contribution is 5.90. The molecule has 0 atom stereocenters. The lowest BCUT2D eigenvalue weighted by Gasteiger charge is -2.02. The van der Waals surface area contributed by atoms with Gasteiger partial charge in [0.1, 0.15) is 17.3 Å². The molecule has 0 aliphatic heterocycles. The fourth-order valence-electron chi connectivity index (χ4n) is 2.56. The first-order valence-electron chi connectivity index (χ1n) is 8.99. The van der Waals surface area contributed by atoms with Crippen molar-refractivity contribution in [3.63, 3.8) is 0 Å². The monoisotopic (exact) mass is 394 g/mol. The van der Waals surface area contributed by atoms with Crippen LogP contribution in [-0.4, -0.2) is 24.7 Å². The summed E-state index contributed by atoms with van der Waals surface area (Å²) in [5, 5.41) is 3.87. The topological polar surface area (TPSA) is 80.9 Å². The van der Waals surface area contributed by atoms with E-state index in [9.17, 15) is 14.0 Å². The van der Waals surface area contributed by atoms with Crippen LogP contribution in [0, 0.1) is 5.82 Å². The van der Waals surface area contributed by atoms with E-state index in [1.54, 1.807) is 55.5 Å². The van der Waals surface area contributed by atoms with Gasteiger partial charge in [-0.1, -0.05) is 24.3 Å². The van der Waals surface area contributed by atoms with Crippen LogP contribution in [-0.2, 0) is 16.0 Å². The largest absolute Gasteiger partial charge is 0.462 e. The molecule has 0 aliphatic rings. The van der Waals surface area contributed by atoms with Crippen LogP contribution in [0.2, 0.25) is 0 Å². The van der Waals surface area contributed by atoms with Crippen molar-refractivity contribution in [1.82, 2.24) is 5.43 Å². The van der Waals surface area contributed by atoms with E-state index in [1.807, 2.05) is 0 Å². The van der Waals surface area contributed by atoms with Crippen LogP contribution in [0.25, 0.3) is 11.3 Å². The number of hydrogen-bond donors (Lipinski definition) is 1. The van der Waals surface area contributed by atoms with Gasteiger partial charge < -0.3 is 9.15 Å². The summed E-state index contributed by atoms with van der Waals surface area (Å²) in [4.78, 5) is 23.5. The van der Waals surface area contributed by atoms with Crippen LogP contribution in [0.4, 0.5) is 4.39 Å². The second-order valence-corrected chi connectivity index (χ2v) is 6.10. The highest BCUT2D eigenvalue weighted by Gasteiger charge is 2.08. The van der Waals surface area contributed by atoms with Gasteiger partial charge in [0.15, 0.2) is 0 Å². The molecule has 0 aliphatic carbocycles. The number of carbonyl (C=O) groups is 2. The Balaban J connectivity index is 1.56. The number of esters is 1. The summed E-state index contributed by atoms with van der Waals surface area (Å²) in [5.74, 6) is 0.00396. The molecule has 6 nitrogen and oxygen atoms in total. The molecule has 3 aromatic rings. The first-order valence-corrected chi connectivity index (χ1v) is 8.99. The molecule has 7 heteroatoms. The number of nitrogens with one attached hydrogen (secondary N) is 1. The van der Waals surface area contributed by atoms with Crippen LogP contribution in [0.15, 0.2) is 70.2 Å². The minimum atomic E-state index is -0.373. The number of amides is 1. The molecule has 0 fully saturated rings. The molecule has 148 valence electrons. The first kappa shape index (κ1) is 20.0. The molecule has 1 heterocycles. The Morgan fingerprint density at radius 3 is 2.48 bits per heavy atom. The molecule has 0 bridgehead atoms. The van der Waals surface area contributed by atoms with Gasteiger partial charge in [-0.25, -0.2) is 14.6 Å². The number of nitrogens with zero attached hydrogens (tertiary/aromatic N) is 1. The summed E-state index contributed by atoms with van der Waals surface area (Å²) in [5.41, 5.74) is 4.34. The summed E-state index contributed by atoms with van der Waals surface area (Å²) >= 11 is 0. The Kier molecular flexibility index (Phi) is 6.52. The molecule has 3 rings (SSSR count). The molecule has 2 aromatic carbocycles. The second kappa shape index (κ2) is 9.45. The van der Waals surface area contributed by atoms with E-state index in [0.717, 1.165) is 5.56 Å². The van der Waals surface area contributed by atoms with Crippen molar-refractivity contribution in [2.24, 2.45) is 5.10 Å². The molecular weight excluding hydrogens is 375 g/mol. The number of ether oxygens (including phenoxy) is 1. The van der Waals surface area contributed by atoms with E-state index in [4.69, 9.17) is 9.15 Å². The third kappa shape index (κ3) is 5.62. The number of halogens is 1. The lowest BCUT2D eigenvalue weighted by Crippen LogP contribution is -2.19. The van der Waals surface area contributed by atoms with Gasteiger partial charge >= 0.3 is 5.97 Å². The van der Waals surface area contributed by atoms with Crippen LogP contribution in [0.5, 0.6) is 0 Å². The molecule has 0 radical (unpaired) electrons. The molecule has 29 heavy (non-hydrogen) atoms. The van der Waals surface area contributed by atoms with Crippen molar-refractivity contribution in [3.8, 4) is 11.3 Å². The SMILES string of the molecule is CCOC(=O)c1ccc(-c2ccc(/C=N/NC(=O)Cc3ccc(F)cc3)o2)cc1. The average Bonchev–Trinajstić information content (AvgIpc) is 3.19. The van der Waals surface area contributed by atoms with Gasteiger partial charge in [0.25, 0.3) is 0 Å². The van der Waals surface area contributed by atoms with Crippen LogP contribution >= 0.6 is 0 Å². The number of rotatable bonds is 7. The van der Waals surface area contributed by atoms with Crippen molar-refractivity contribution < 1.29 is 23.1 Å². The average molecular weight is 394 g/mol. The van der Waals surface area contributed by atoms with Crippen LogP contribution in [0.1, 0.15) is 28.6 Å². The third-order valence-corrected chi connectivity index (χ3v) is 3.97. The molecule has 1 aromatic heterocycles. The third-order valence-electron chi connectivity index (χ3n) is 3.97. The minimum absolute atomic E-state index is 0.0911. The molecule has 0 saturated heterocycles. The maximum absolute atomic E-state index is 12.9. The summed E-state index contributed by atoms with van der Waals surface area (Å²) in [6.45, 7) is 2.07. The fourth-order valence-corrected chi connectivity index (χ4v) is 2.56. The quantitative estimate of drug-likeness (QED) is 0.374. The summed E-state index contributed by atoms with van der Waals surface area (Å²) in [6, 6.07) is 16.0. The van der Waals surface area contributed by atoms with Gasteiger partial charge in [-0.3, -0.25) is 4.79 Å². The maximum Gasteiger partial charge on any atom is 0.338 e. The van der Waals surface area contributed by atoms with E-state index in [2.05, 4.69) is 10.5 Å². The predicted octanol–water partition coefficient (Wildman–Crippen LogP) is 3.96. The lowest BCUT2D eigenvalue weighted by molar-refractivity contribution is -0.120. The van der Waals surface area contributed by atoms with E-state index >= 15 is 0 Å². The highest BCUT2D eigenvalue weighted by atomic mass is 19.1. The maximum atomic E-state index is 12.9. The number of benzene rings is 2. The Bertz CT molecular complexity index is 1010. The molecular formula is C22H19FN2O4. The zero-order valence-electron chi connectivity index (χ0n) is 15.7. The smallest absolute Gasteiger partial charge is 0.338 e. The normalized spacial score (nSPS) is 10.8. The Hall–Kier alpha value is -3.74. The van der Waals surface area contributed by atoms with Gasteiger partial charge in [-0.15, -0.1) is 0 Å². The summed E-state index contributed by atoms with van der Waals surface area (Å²) in [6.07, 6.45) is 1.48. The first-order chi connectivity index (χ1) is 14.0. The molecule has 0 unspecified atom stereocenters. The predicted molar refractivity (Wildman–Crippen MR) is 106 cm³/mol. The lowest BCUT2D eigenvalue weighted by atomic mass is 10.1. The van der Waals surface area contributed by atoms with Gasteiger partial charge in [-0.05, 0) is 48.9 Å². The summed E-state index contributed by atoms with van der Waals surface area (Å²) < 4.78 is 23.5. The molecule has 0 saturated carbocycles. The fraction of sp³-hybridized carbons (Fsp3) is 0.136. The zero-order valence-corrected chi connectivity index (χ0v) is 15.7. The van der Waals surface area contributed by atoms with Crippen molar-refractivity contribution in [2.45, 2.75) is 13.3 Å². The van der Waals surface area contributed by atoms with Gasteiger partial charge in [0, 0.05) is 5.56 Å². The van der Waals surface area contributed by atoms with Gasteiger partial charge in [0.05, 0.1) is 24.8 Å². The van der Waals surface area contributed by atoms with Crippen molar-refractivity contribution >= 4 is 18.1 Å². The molecule has 1 amide bonds. The number of hydrazone groups is 1. The molecule has 0 spiro atoms. The van der Waals surface area contributed by atoms with E-state index in [1.165, 1.54) is 18.3 Å². The van der Waals surface area contributed by atoms with E-state index in [-0.39, 0.29) is 24.1 Å². The number of furan rings is 1. The minimum Gasteiger partial charge on any atom is -0.462 e. The van der Waals surface area contributed by atoms with Gasteiger partial charge in [-0.2, -0.15) is 5.10 Å². The standard InChI is InChI=1S/C22H19FN2O4/c1-2-28-22(27)17-7-5-16(6-8-17)20-12-11-19(29-20)14-24-25-21(26)13-15-3-9-18(23)10-4-15/h3-12,14H,2,13H2,1H3,(H,25,26)/b24-14+. The van der Waals surface area contributed by atoms with E-state index < -0.39 is 0 Å². The second-order valence-electron chi connectivity index (χ2n) is 6.10. The Morgan fingerprint density at radius 2 is 1.79 bits per heavy atom. The number of hydrogen-bond acceptors (Lipinski definition) is 5. The summed E-state index contributed by atoms with van der Waals surface area (Å²) in [7, 11) is 0. The van der Waals surface area contributed by atoms with Crippen molar-refractivity contribution in [2.75, 3.05) is 6.61 Å². The van der Waals surface area contributed by atoms with Crippen molar-refractivity contribution in [1.29, 1.82) is 0 Å². The Morgan fingerprint density at radius 1 is 1.07 bits per heavy atom. The highest BCUT2D eigenvalue weighted by Crippen LogP contribution is 2.22. The van der Waals surface area contributed by atoms with Crippen LogP contribution in [0.3, 0.4) is 0 Å². The Labute approximate surface area is 167 Å².